The van der Waals surface area contributed by atoms with E-state index in [0.29, 0.717) is 6.42 Å². The van der Waals surface area contributed by atoms with Gasteiger partial charge in [-0.3, -0.25) is 19.7 Å². The molecule has 0 unspecified atom stereocenters. The van der Waals surface area contributed by atoms with Gasteiger partial charge in [-0.15, -0.1) is 0 Å². The molecule has 0 bridgehead atoms. The third kappa shape index (κ3) is 5.07. The van der Waals surface area contributed by atoms with Crippen molar-refractivity contribution in [1.29, 1.82) is 0 Å². The zero-order chi connectivity index (χ0) is 23.4. The fourth-order valence-corrected chi connectivity index (χ4v) is 4.43. The number of fused-ring (bicyclic) bond motifs is 3. The minimum Gasteiger partial charge on any atom is -0.469 e. The second kappa shape index (κ2) is 10.4. The minimum absolute atomic E-state index is 0.254. The van der Waals surface area contributed by atoms with E-state index in [1.54, 1.807) is 6.20 Å². The molecule has 4 rings (SSSR count). The number of esters is 1. The van der Waals surface area contributed by atoms with Crippen molar-refractivity contribution in [1.82, 2.24) is 19.4 Å². The van der Waals surface area contributed by atoms with Crippen LogP contribution in [0.1, 0.15) is 55.5 Å². The van der Waals surface area contributed by atoms with Crippen molar-refractivity contribution in [2.45, 2.75) is 39.3 Å². The van der Waals surface area contributed by atoms with Gasteiger partial charge in [-0.25, -0.2) is 4.98 Å². The highest BCUT2D eigenvalue weighted by molar-refractivity contribution is 9.10. The number of rotatable bonds is 8. The van der Waals surface area contributed by atoms with Crippen LogP contribution < -0.4 is 0 Å². The highest BCUT2D eigenvalue weighted by Crippen LogP contribution is 2.34. The number of hydrogen-bond acceptors (Lipinski definition) is 6. The molecule has 172 valence electrons. The molecule has 0 spiro atoms. The summed E-state index contributed by atoms with van der Waals surface area (Å²) in [6, 6.07) is 11.7. The van der Waals surface area contributed by atoms with Gasteiger partial charge in [0.1, 0.15) is 11.9 Å². The summed E-state index contributed by atoms with van der Waals surface area (Å²) >= 11 is 3.62. The summed E-state index contributed by atoms with van der Waals surface area (Å²) in [5.74, 6) is 0.575. The first-order valence-corrected chi connectivity index (χ1v) is 12.0. The second-order valence-electron chi connectivity index (χ2n) is 7.91. The van der Waals surface area contributed by atoms with E-state index in [4.69, 9.17) is 14.7 Å². The van der Waals surface area contributed by atoms with E-state index in [1.165, 1.54) is 7.11 Å². The topological polar surface area (TPSA) is 72.6 Å². The molecule has 1 aliphatic heterocycles. The zero-order valence-electron chi connectivity index (χ0n) is 19.2. The summed E-state index contributed by atoms with van der Waals surface area (Å²) in [5.41, 5.74) is 4.53. The Kier molecular flexibility index (Phi) is 7.35. The molecule has 0 amide bonds. The number of carbonyl (C=O) groups excluding carboxylic acids is 1. The Labute approximate surface area is 202 Å². The zero-order valence-corrected chi connectivity index (χ0v) is 20.7. The lowest BCUT2D eigenvalue weighted by molar-refractivity contribution is -0.140. The molecule has 33 heavy (non-hydrogen) atoms. The Morgan fingerprint density at radius 3 is 2.73 bits per heavy atom. The molecule has 1 atom stereocenters. The number of carbonyl (C=O) groups is 1. The third-order valence-corrected chi connectivity index (χ3v) is 6.37. The lowest BCUT2D eigenvalue weighted by Crippen LogP contribution is -2.22. The monoisotopic (exact) mass is 509 g/mol. The van der Waals surface area contributed by atoms with E-state index in [2.05, 4.69) is 62.6 Å². The standard InChI is InChI=1S/C25H28BrN5O2/c1-4-30(5-2)15-18-16-31-22-11-9-17(26)14-19(22)24(20-8-6-7-13-27-20)29-21(25(31)28-18)10-12-23(32)33-3/h6-9,11,13-14,16,21H,4-5,10,12,15H2,1-3H3/t21-/m0/s1. The van der Waals surface area contributed by atoms with Crippen LogP contribution in [-0.4, -0.2) is 51.3 Å². The van der Waals surface area contributed by atoms with E-state index in [1.807, 2.05) is 24.3 Å². The number of hydrogen-bond donors (Lipinski definition) is 0. The number of ether oxygens (including phenoxy) is 1. The maximum atomic E-state index is 12.0. The molecule has 3 heterocycles. The van der Waals surface area contributed by atoms with Crippen LogP contribution in [0.2, 0.25) is 0 Å². The van der Waals surface area contributed by atoms with Crippen LogP contribution in [0.25, 0.3) is 5.69 Å². The quantitative estimate of drug-likeness (QED) is 0.411. The second-order valence-corrected chi connectivity index (χ2v) is 8.82. The number of aliphatic imine (C=N–C) groups is 1. The van der Waals surface area contributed by atoms with Crippen LogP contribution in [0.15, 0.2) is 58.3 Å². The van der Waals surface area contributed by atoms with Crippen molar-refractivity contribution < 1.29 is 9.53 Å². The molecule has 0 N–H and O–H groups in total. The number of aromatic nitrogens is 3. The van der Waals surface area contributed by atoms with Crippen LogP contribution in [0.3, 0.4) is 0 Å². The number of methoxy groups -OCH3 is 1. The van der Waals surface area contributed by atoms with E-state index < -0.39 is 0 Å². The summed E-state index contributed by atoms with van der Waals surface area (Å²) in [5, 5.41) is 0. The SMILES string of the molecule is CCN(CC)Cc1cn2c(n1)[C@H](CCC(=O)OC)N=C(c1ccccn1)c1cc(Br)ccc1-2. The van der Waals surface area contributed by atoms with Gasteiger partial charge in [-0.05, 0) is 49.8 Å². The Bertz CT molecular complexity index is 1150. The van der Waals surface area contributed by atoms with Gasteiger partial charge >= 0.3 is 5.97 Å². The normalized spacial score (nSPS) is 14.9. The van der Waals surface area contributed by atoms with Crippen molar-refractivity contribution in [2.75, 3.05) is 20.2 Å². The van der Waals surface area contributed by atoms with Crippen LogP contribution >= 0.6 is 15.9 Å². The summed E-state index contributed by atoms with van der Waals surface area (Å²) < 4.78 is 7.98. The van der Waals surface area contributed by atoms with Gasteiger partial charge < -0.3 is 9.30 Å². The maximum absolute atomic E-state index is 12.0. The van der Waals surface area contributed by atoms with Gasteiger partial charge in [0, 0.05) is 35.4 Å². The highest BCUT2D eigenvalue weighted by Gasteiger charge is 2.28. The number of nitrogens with zero attached hydrogens (tertiary/aromatic N) is 5. The Hall–Kier alpha value is -2.84. The predicted molar refractivity (Wildman–Crippen MR) is 132 cm³/mol. The molecule has 1 aliphatic rings. The van der Waals surface area contributed by atoms with Crippen LogP contribution in [0.5, 0.6) is 0 Å². The first-order chi connectivity index (χ1) is 16.0. The molecule has 0 saturated carbocycles. The van der Waals surface area contributed by atoms with Crippen molar-refractivity contribution in [3.63, 3.8) is 0 Å². The van der Waals surface area contributed by atoms with Crippen molar-refractivity contribution in [3.8, 4) is 5.69 Å². The molecular formula is C25H28BrN5O2. The molecule has 8 heteroatoms. The first kappa shape index (κ1) is 23.3. The smallest absolute Gasteiger partial charge is 0.305 e. The molecule has 7 nitrogen and oxygen atoms in total. The Balaban J connectivity index is 1.87. The van der Waals surface area contributed by atoms with Crippen molar-refractivity contribution in [2.24, 2.45) is 4.99 Å². The first-order valence-electron chi connectivity index (χ1n) is 11.2. The Morgan fingerprint density at radius 2 is 2.03 bits per heavy atom. The molecule has 2 aromatic heterocycles. The van der Waals surface area contributed by atoms with E-state index in [-0.39, 0.29) is 18.4 Å². The lowest BCUT2D eigenvalue weighted by atomic mass is 10.0. The molecule has 1 aromatic carbocycles. The van der Waals surface area contributed by atoms with Gasteiger partial charge in [-0.1, -0.05) is 35.8 Å². The van der Waals surface area contributed by atoms with Crippen LogP contribution in [0, 0.1) is 0 Å². The number of benzene rings is 1. The molecule has 0 saturated heterocycles. The molecule has 0 fully saturated rings. The van der Waals surface area contributed by atoms with Gasteiger partial charge in [0.15, 0.2) is 0 Å². The van der Waals surface area contributed by atoms with E-state index >= 15 is 0 Å². The van der Waals surface area contributed by atoms with Gasteiger partial charge in [-0.2, -0.15) is 0 Å². The molecule has 0 aliphatic carbocycles. The number of halogens is 1. The Morgan fingerprint density at radius 1 is 1.21 bits per heavy atom. The van der Waals surface area contributed by atoms with E-state index in [9.17, 15) is 4.79 Å². The van der Waals surface area contributed by atoms with Crippen LogP contribution in [-0.2, 0) is 16.1 Å². The average Bonchev–Trinajstić information content (AvgIpc) is 3.21. The molecule has 3 aromatic rings. The summed E-state index contributed by atoms with van der Waals surface area (Å²) in [6.07, 6.45) is 4.63. The highest BCUT2D eigenvalue weighted by atomic mass is 79.9. The largest absolute Gasteiger partial charge is 0.469 e. The van der Waals surface area contributed by atoms with Gasteiger partial charge in [0.2, 0.25) is 0 Å². The fourth-order valence-electron chi connectivity index (χ4n) is 4.07. The predicted octanol–water partition coefficient (Wildman–Crippen LogP) is 4.72. The minimum atomic E-state index is -0.308. The van der Waals surface area contributed by atoms with Crippen molar-refractivity contribution in [3.05, 3.63) is 76.0 Å². The fraction of sp³-hybridized carbons (Fsp3) is 0.360. The maximum Gasteiger partial charge on any atom is 0.305 e. The lowest BCUT2D eigenvalue weighted by Gasteiger charge is -2.16. The van der Waals surface area contributed by atoms with E-state index in [0.717, 1.165) is 58.3 Å². The summed E-state index contributed by atoms with van der Waals surface area (Å²) in [7, 11) is 1.41. The average molecular weight is 510 g/mol. The summed E-state index contributed by atoms with van der Waals surface area (Å²) in [4.78, 5) is 29.0. The molecular weight excluding hydrogens is 482 g/mol. The number of imidazole rings is 1. The van der Waals surface area contributed by atoms with Gasteiger partial charge in [0.25, 0.3) is 0 Å². The van der Waals surface area contributed by atoms with Gasteiger partial charge in [0.05, 0.1) is 29.9 Å². The van der Waals surface area contributed by atoms with Crippen LogP contribution in [0.4, 0.5) is 0 Å². The summed E-state index contributed by atoms with van der Waals surface area (Å²) in [6.45, 7) is 6.98. The van der Waals surface area contributed by atoms with Crippen molar-refractivity contribution >= 4 is 27.6 Å². The molecule has 0 radical (unpaired) electrons. The third-order valence-electron chi connectivity index (χ3n) is 5.88. The number of pyridine rings is 1.